The Morgan fingerprint density at radius 1 is 1.53 bits per heavy atom. The lowest BCUT2D eigenvalue weighted by Crippen LogP contribution is -2.39. The van der Waals surface area contributed by atoms with E-state index in [1.807, 2.05) is 0 Å². The minimum atomic E-state index is -1.03. The predicted molar refractivity (Wildman–Crippen MR) is 54.6 cm³/mol. The summed E-state index contributed by atoms with van der Waals surface area (Å²) in [5.41, 5.74) is -2.64. The van der Waals surface area contributed by atoms with Gasteiger partial charge in [0.25, 0.3) is 0 Å². The van der Waals surface area contributed by atoms with Crippen LogP contribution in [-0.4, -0.2) is 27.1 Å². The monoisotopic (exact) mass is 243 g/mol. The molecule has 0 aliphatic rings. The Morgan fingerprint density at radius 2 is 2.12 bits per heavy atom. The maximum atomic E-state index is 11.5. The van der Waals surface area contributed by atoms with Crippen LogP contribution in [0.3, 0.4) is 0 Å². The molecule has 0 N–H and O–H groups in total. The van der Waals surface area contributed by atoms with Crippen molar-refractivity contribution in [3.05, 3.63) is 37.1 Å². The second-order valence-corrected chi connectivity index (χ2v) is 3.12. The second kappa shape index (κ2) is 4.60. The molecule has 0 aromatic carbocycles. The Kier molecular flexibility index (Phi) is 3.41. The minimum absolute atomic E-state index is 0.496. The van der Waals surface area contributed by atoms with E-state index in [-0.39, 0.29) is 0 Å². The highest BCUT2D eigenvalue weighted by molar-refractivity contribution is 5.68. The molecule has 92 valence electrons. The summed E-state index contributed by atoms with van der Waals surface area (Å²) >= 11 is 0. The van der Waals surface area contributed by atoms with E-state index in [0.717, 1.165) is 24.9 Å². The normalized spacial score (nSPS) is 10.0. The number of carbonyl (C=O) groups excluding carboxylic acids is 1. The van der Waals surface area contributed by atoms with Gasteiger partial charge in [0.2, 0.25) is 0 Å². The molecule has 0 aliphatic carbocycles. The molecule has 0 atom stereocenters. The van der Waals surface area contributed by atoms with Crippen LogP contribution in [0.2, 0.25) is 0 Å². The van der Waals surface area contributed by atoms with Gasteiger partial charge in [0.1, 0.15) is 6.54 Å². The van der Waals surface area contributed by atoms with Crippen LogP contribution >= 0.6 is 0 Å². The molecule has 9 heteroatoms. The van der Waals surface area contributed by atoms with Crippen molar-refractivity contribution in [1.82, 2.24) is 9.13 Å². The van der Waals surface area contributed by atoms with Crippen LogP contribution in [0.1, 0.15) is 0 Å². The molecule has 0 spiro atoms. The van der Waals surface area contributed by atoms with Gasteiger partial charge in [0, 0.05) is 7.05 Å². The Labute approximate surface area is 94.0 Å². The average Bonchev–Trinajstić information content (AvgIpc) is 2.29. The van der Waals surface area contributed by atoms with Gasteiger partial charge in [-0.1, -0.05) is 0 Å². The first-order chi connectivity index (χ1) is 7.88. The molecule has 0 bridgehead atoms. The summed E-state index contributed by atoms with van der Waals surface area (Å²) in [6, 6.07) is 0. The molecule has 0 unspecified atom stereocenters. The first-order valence-electron chi connectivity index (χ1n) is 4.40. The minimum Gasteiger partial charge on any atom is -0.468 e. The topological polar surface area (TPSA) is 113 Å². The van der Waals surface area contributed by atoms with Gasteiger partial charge in [-0.2, -0.15) is 0 Å². The van der Waals surface area contributed by atoms with Crippen LogP contribution in [-0.2, 0) is 23.1 Å². The van der Waals surface area contributed by atoms with E-state index < -0.39 is 34.4 Å². The highest BCUT2D eigenvalue weighted by atomic mass is 16.6. The molecule has 1 rings (SSSR count). The van der Waals surface area contributed by atoms with Crippen LogP contribution in [0.25, 0.3) is 0 Å². The van der Waals surface area contributed by atoms with Crippen LogP contribution in [0.15, 0.2) is 15.8 Å². The zero-order valence-electron chi connectivity index (χ0n) is 9.08. The highest BCUT2D eigenvalue weighted by Crippen LogP contribution is 1.99. The first kappa shape index (κ1) is 12.6. The van der Waals surface area contributed by atoms with Crippen molar-refractivity contribution in [3.8, 4) is 0 Å². The van der Waals surface area contributed by atoms with Crippen LogP contribution in [0.5, 0.6) is 0 Å². The zero-order chi connectivity index (χ0) is 13.2. The van der Waals surface area contributed by atoms with Gasteiger partial charge in [-0.15, -0.1) is 0 Å². The number of aromatic nitrogens is 2. The van der Waals surface area contributed by atoms with Crippen molar-refractivity contribution in [2.24, 2.45) is 7.05 Å². The second-order valence-electron chi connectivity index (χ2n) is 3.12. The number of nitrogens with zero attached hydrogens (tertiary/aromatic N) is 3. The largest absolute Gasteiger partial charge is 0.468 e. The standard InChI is InChI=1S/C8H9N3O6/c1-9-7(13)5(11(15)16)3-10(8(9)14)4-6(12)17-2/h3H,4H2,1-2H3. The molecule has 0 radical (unpaired) electrons. The molecular formula is C8H9N3O6. The van der Waals surface area contributed by atoms with E-state index in [4.69, 9.17) is 0 Å². The average molecular weight is 243 g/mol. The molecule has 0 saturated heterocycles. The predicted octanol–water partition coefficient (Wildman–Crippen LogP) is -1.37. The number of rotatable bonds is 3. The smallest absolute Gasteiger partial charge is 0.350 e. The van der Waals surface area contributed by atoms with Gasteiger partial charge in [-0.05, 0) is 0 Å². The third-order valence-corrected chi connectivity index (χ3v) is 2.06. The summed E-state index contributed by atoms with van der Waals surface area (Å²) < 4.78 is 5.62. The maximum absolute atomic E-state index is 11.5. The molecule has 0 aliphatic heterocycles. The number of hydrogen-bond acceptors (Lipinski definition) is 6. The fraction of sp³-hybridized carbons (Fsp3) is 0.375. The van der Waals surface area contributed by atoms with Gasteiger partial charge < -0.3 is 4.74 Å². The van der Waals surface area contributed by atoms with E-state index in [0.29, 0.717) is 4.57 Å². The fourth-order valence-corrected chi connectivity index (χ4v) is 1.15. The summed E-state index contributed by atoms with van der Waals surface area (Å²) in [5, 5.41) is 10.6. The molecule has 1 aromatic heterocycles. The molecule has 1 heterocycles. The van der Waals surface area contributed by atoms with Crippen LogP contribution in [0.4, 0.5) is 5.69 Å². The number of carbonyl (C=O) groups is 1. The van der Waals surface area contributed by atoms with Crippen LogP contribution < -0.4 is 11.2 Å². The maximum Gasteiger partial charge on any atom is 0.350 e. The zero-order valence-corrected chi connectivity index (χ0v) is 9.08. The van der Waals surface area contributed by atoms with Crippen LogP contribution in [0, 0.1) is 10.1 Å². The van der Waals surface area contributed by atoms with Crippen molar-refractivity contribution in [2.75, 3.05) is 7.11 Å². The molecule has 0 fully saturated rings. The van der Waals surface area contributed by atoms with Crippen molar-refractivity contribution in [2.45, 2.75) is 6.54 Å². The molecule has 0 amide bonds. The van der Waals surface area contributed by atoms with Crippen molar-refractivity contribution in [1.29, 1.82) is 0 Å². The van der Waals surface area contributed by atoms with E-state index >= 15 is 0 Å². The lowest BCUT2D eigenvalue weighted by molar-refractivity contribution is -0.387. The molecule has 9 nitrogen and oxygen atoms in total. The Balaban J connectivity index is 3.43. The number of nitro groups is 1. The third-order valence-electron chi connectivity index (χ3n) is 2.06. The molecular weight excluding hydrogens is 234 g/mol. The lowest BCUT2D eigenvalue weighted by atomic mass is 10.5. The van der Waals surface area contributed by atoms with Gasteiger partial charge >= 0.3 is 22.9 Å². The van der Waals surface area contributed by atoms with Gasteiger partial charge in [0.15, 0.2) is 0 Å². The first-order valence-corrected chi connectivity index (χ1v) is 4.40. The lowest BCUT2D eigenvalue weighted by Gasteiger charge is -2.05. The summed E-state index contributed by atoms with van der Waals surface area (Å²) in [4.78, 5) is 43.4. The Hall–Kier alpha value is -2.45. The number of hydrogen-bond donors (Lipinski definition) is 0. The van der Waals surface area contributed by atoms with Gasteiger partial charge in [-0.3, -0.25) is 28.8 Å². The van der Waals surface area contributed by atoms with Crippen molar-refractivity contribution in [3.63, 3.8) is 0 Å². The number of esters is 1. The van der Waals surface area contributed by atoms with Gasteiger partial charge in [-0.25, -0.2) is 4.79 Å². The fourth-order valence-electron chi connectivity index (χ4n) is 1.15. The van der Waals surface area contributed by atoms with Crippen molar-refractivity contribution >= 4 is 11.7 Å². The Morgan fingerprint density at radius 3 is 2.59 bits per heavy atom. The molecule has 1 aromatic rings. The summed E-state index contributed by atoms with van der Waals surface area (Å²) in [7, 11) is 2.20. The SMILES string of the molecule is COC(=O)Cn1cc([N+](=O)[O-])c(=O)n(C)c1=O. The summed E-state index contributed by atoms with van der Waals surface area (Å²) in [6.45, 7) is -0.496. The van der Waals surface area contributed by atoms with Crippen molar-refractivity contribution < 1.29 is 14.5 Å². The number of methoxy groups -OCH3 is 1. The summed E-state index contributed by atoms with van der Waals surface area (Å²) in [6.07, 6.45) is 0.724. The third kappa shape index (κ3) is 2.38. The quantitative estimate of drug-likeness (QED) is 0.367. The number of ether oxygens (including phenoxy) is 1. The molecule has 17 heavy (non-hydrogen) atoms. The van der Waals surface area contributed by atoms with E-state index in [9.17, 15) is 24.5 Å². The summed E-state index contributed by atoms with van der Waals surface area (Å²) in [5.74, 6) is -0.750. The highest BCUT2D eigenvalue weighted by Gasteiger charge is 2.19. The van der Waals surface area contributed by atoms with E-state index in [2.05, 4.69) is 4.74 Å². The Bertz CT molecular complexity index is 584. The van der Waals surface area contributed by atoms with Gasteiger partial charge in [0.05, 0.1) is 18.2 Å². The molecule has 0 saturated carbocycles. The van der Waals surface area contributed by atoms with E-state index in [1.165, 1.54) is 0 Å². The van der Waals surface area contributed by atoms with E-state index in [1.54, 1.807) is 0 Å².